The average molecular weight is 545 g/mol. The largest absolute Gasteiger partial charge is 0.462 e. The fourth-order valence-electron chi connectivity index (χ4n) is 13.3. The number of rotatable bonds is 1. The molecule has 3 saturated heterocycles. The molecule has 5 saturated carbocycles. The smallest absolute Gasteiger partial charge is 0.302 e. The van der Waals surface area contributed by atoms with Gasteiger partial charge in [0.2, 0.25) is 5.79 Å². The Morgan fingerprint density at radius 1 is 0.897 bits per heavy atom. The number of hydrogen-bond acceptors (Lipinski definition) is 7. The summed E-state index contributed by atoms with van der Waals surface area (Å²) in [5.41, 5.74) is -0.630. The first-order valence-electron chi connectivity index (χ1n) is 15.7. The third kappa shape index (κ3) is 2.65. The molecule has 218 valence electrons. The Hall–Kier alpha value is -0.730. The molecule has 0 aromatic rings. The second-order valence-corrected chi connectivity index (χ2v) is 16.6. The number of carbonyl (C=O) groups excluding carboxylic acids is 1. The van der Waals surface area contributed by atoms with Gasteiger partial charge in [-0.25, -0.2) is 0 Å². The zero-order chi connectivity index (χ0) is 27.8. The summed E-state index contributed by atoms with van der Waals surface area (Å²) < 4.78 is 25.6. The molecule has 3 heterocycles. The molecule has 8 rings (SSSR count). The Bertz CT molecular complexity index is 1140. The number of aliphatic hydroxyl groups excluding tert-OH is 2. The standard InChI is InChI=1S/C32H48O7/c1-16-12-32(24-29(7,38-24)25(35)39-32)37-18-13-27(5)20-9-8-19-26(3,4)21(34)10-11-30(19)15-31(20,30)14-22(36-17(2)33)28(27,6)23(16)18/h16,18-25,34-35H,8-15H2,1-7H3/t16-,18+,19+,20+,21+,22-,23+,24+,25+,27+,28-,29+,30-,31+,32-/m1/s1. The van der Waals surface area contributed by atoms with Crippen molar-refractivity contribution >= 4 is 5.97 Å². The molecule has 0 bridgehead atoms. The Morgan fingerprint density at radius 3 is 2.26 bits per heavy atom. The predicted molar refractivity (Wildman–Crippen MR) is 141 cm³/mol. The zero-order valence-corrected chi connectivity index (χ0v) is 24.8. The monoisotopic (exact) mass is 544 g/mol. The van der Waals surface area contributed by atoms with Crippen molar-refractivity contribution in [3.63, 3.8) is 0 Å². The van der Waals surface area contributed by atoms with Crippen LogP contribution in [0.1, 0.15) is 99.8 Å². The Labute approximate surface area is 232 Å². The van der Waals surface area contributed by atoms with Gasteiger partial charge in [-0.2, -0.15) is 0 Å². The number of hydrogen-bond donors (Lipinski definition) is 2. The summed E-state index contributed by atoms with van der Waals surface area (Å²) in [6, 6.07) is 0. The highest BCUT2D eigenvalue weighted by Gasteiger charge is 2.86. The second kappa shape index (κ2) is 7.07. The summed E-state index contributed by atoms with van der Waals surface area (Å²) in [4.78, 5) is 12.7. The SMILES string of the molecule is CC(=O)O[C@@H]1C[C@@]23C[C@@]24CC[C@H](O)C(C)(C)[C@@H]4CC[C@H]3[C@]2(C)C[C@@H]3O[C@]4(C[C@@H](C)[C@@H]3[C@@]12C)O[C@H](O)[C@@]1(C)O[C@H]41. The van der Waals surface area contributed by atoms with Gasteiger partial charge in [0.1, 0.15) is 17.8 Å². The molecular weight excluding hydrogens is 496 g/mol. The van der Waals surface area contributed by atoms with Gasteiger partial charge < -0.3 is 29.2 Å². The van der Waals surface area contributed by atoms with E-state index in [9.17, 15) is 15.0 Å². The molecule has 5 aliphatic carbocycles. The number of fused-ring (bicyclic) bond motifs is 6. The number of esters is 1. The minimum atomic E-state index is -0.968. The van der Waals surface area contributed by atoms with Crippen molar-refractivity contribution in [1.29, 1.82) is 0 Å². The normalized spacial score (nSPS) is 65.1. The molecule has 3 aliphatic heterocycles. The summed E-state index contributed by atoms with van der Waals surface area (Å²) in [5.74, 6) is 0.475. The van der Waals surface area contributed by atoms with Crippen molar-refractivity contribution in [1.82, 2.24) is 0 Å². The molecular formula is C32H48O7. The molecule has 0 aromatic heterocycles. The van der Waals surface area contributed by atoms with E-state index in [-0.39, 0.29) is 69.3 Å². The van der Waals surface area contributed by atoms with Crippen LogP contribution in [-0.2, 0) is 23.7 Å². The maximum Gasteiger partial charge on any atom is 0.302 e. The van der Waals surface area contributed by atoms with Gasteiger partial charge in [-0.1, -0.05) is 34.6 Å². The van der Waals surface area contributed by atoms with E-state index in [0.29, 0.717) is 18.3 Å². The van der Waals surface area contributed by atoms with E-state index in [1.54, 1.807) is 6.92 Å². The van der Waals surface area contributed by atoms with Gasteiger partial charge in [-0.3, -0.25) is 4.79 Å². The summed E-state index contributed by atoms with van der Waals surface area (Å²) >= 11 is 0. The van der Waals surface area contributed by atoms with Crippen LogP contribution in [0.25, 0.3) is 0 Å². The highest BCUT2D eigenvalue weighted by atomic mass is 16.8. The molecule has 7 heteroatoms. The Kier molecular flexibility index (Phi) is 4.70. The van der Waals surface area contributed by atoms with Gasteiger partial charge in [0.25, 0.3) is 0 Å². The fraction of sp³-hybridized carbons (Fsp3) is 0.969. The average Bonchev–Trinajstić information content (AvgIpc) is 3.67. The molecule has 0 aromatic carbocycles. The Balaban J connectivity index is 1.21. The van der Waals surface area contributed by atoms with E-state index in [4.69, 9.17) is 18.9 Å². The van der Waals surface area contributed by atoms with E-state index >= 15 is 0 Å². The van der Waals surface area contributed by atoms with E-state index in [1.165, 1.54) is 19.3 Å². The molecule has 39 heavy (non-hydrogen) atoms. The van der Waals surface area contributed by atoms with Gasteiger partial charge >= 0.3 is 5.97 Å². The Morgan fingerprint density at radius 2 is 1.62 bits per heavy atom. The van der Waals surface area contributed by atoms with Crippen molar-refractivity contribution < 1.29 is 34.0 Å². The topological polar surface area (TPSA) is 97.8 Å². The zero-order valence-electron chi connectivity index (χ0n) is 24.8. The first-order valence-corrected chi connectivity index (χ1v) is 15.7. The van der Waals surface area contributed by atoms with Crippen LogP contribution >= 0.6 is 0 Å². The third-order valence-electron chi connectivity index (χ3n) is 15.0. The van der Waals surface area contributed by atoms with E-state index in [2.05, 4.69) is 34.6 Å². The quantitative estimate of drug-likeness (QED) is 0.369. The second-order valence-electron chi connectivity index (χ2n) is 16.6. The van der Waals surface area contributed by atoms with Gasteiger partial charge in [-0.05, 0) is 97.2 Å². The highest BCUT2D eigenvalue weighted by Crippen LogP contribution is 2.89. The molecule has 0 radical (unpaired) electrons. The fourth-order valence-corrected chi connectivity index (χ4v) is 13.3. The lowest BCUT2D eigenvalue weighted by Crippen LogP contribution is -2.63. The third-order valence-corrected chi connectivity index (χ3v) is 15.0. The van der Waals surface area contributed by atoms with Crippen molar-refractivity contribution in [2.45, 2.75) is 142 Å². The summed E-state index contributed by atoms with van der Waals surface area (Å²) in [7, 11) is 0. The maximum atomic E-state index is 12.7. The molecule has 0 unspecified atom stereocenters. The van der Waals surface area contributed by atoms with Crippen molar-refractivity contribution in [3.8, 4) is 0 Å². The molecule has 0 amide bonds. The van der Waals surface area contributed by atoms with Crippen LogP contribution in [0.15, 0.2) is 0 Å². The number of aliphatic hydroxyl groups is 2. The van der Waals surface area contributed by atoms with Crippen molar-refractivity contribution in [2.75, 3.05) is 0 Å². The first kappa shape index (κ1) is 25.9. The van der Waals surface area contributed by atoms with E-state index in [1.807, 2.05) is 6.92 Å². The molecule has 3 spiro atoms. The van der Waals surface area contributed by atoms with Crippen LogP contribution in [0, 0.1) is 50.7 Å². The van der Waals surface area contributed by atoms with Crippen molar-refractivity contribution in [2.24, 2.45) is 50.7 Å². The minimum absolute atomic E-state index is 0.0345. The summed E-state index contributed by atoms with van der Waals surface area (Å²) in [6.45, 7) is 15.3. The van der Waals surface area contributed by atoms with E-state index < -0.39 is 17.7 Å². The van der Waals surface area contributed by atoms with Crippen LogP contribution in [0.3, 0.4) is 0 Å². The maximum absolute atomic E-state index is 12.7. The lowest BCUT2D eigenvalue weighted by molar-refractivity contribution is -0.346. The predicted octanol–water partition coefficient (Wildman–Crippen LogP) is 4.57. The molecule has 2 N–H and O–H groups in total. The molecule has 8 aliphatic rings. The first-order chi connectivity index (χ1) is 18.1. The van der Waals surface area contributed by atoms with Crippen LogP contribution in [0.4, 0.5) is 0 Å². The number of epoxide rings is 1. The van der Waals surface area contributed by atoms with Crippen molar-refractivity contribution in [3.05, 3.63) is 0 Å². The lowest BCUT2D eigenvalue weighted by Gasteiger charge is -2.65. The number of ether oxygens (including phenoxy) is 4. The molecule has 8 fully saturated rings. The van der Waals surface area contributed by atoms with E-state index in [0.717, 1.165) is 25.7 Å². The van der Waals surface area contributed by atoms with Gasteiger partial charge in [0, 0.05) is 18.8 Å². The van der Waals surface area contributed by atoms with Crippen LogP contribution in [-0.4, -0.2) is 58.3 Å². The molecule has 7 nitrogen and oxygen atoms in total. The highest BCUT2D eigenvalue weighted by molar-refractivity contribution is 5.66. The van der Waals surface area contributed by atoms with Gasteiger partial charge in [0.15, 0.2) is 6.29 Å². The summed E-state index contributed by atoms with van der Waals surface area (Å²) in [6.07, 6.45) is 6.39. The minimum Gasteiger partial charge on any atom is -0.462 e. The van der Waals surface area contributed by atoms with Gasteiger partial charge in [0.05, 0.1) is 12.2 Å². The summed E-state index contributed by atoms with van der Waals surface area (Å²) in [5, 5.41) is 21.7. The lowest BCUT2D eigenvalue weighted by atomic mass is 9.41. The van der Waals surface area contributed by atoms with Crippen LogP contribution in [0.2, 0.25) is 0 Å². The van der Waals surface area contributed by atoms with Crippen LogP contribution < -0.4 is 0 Å². The number of carbonyl (C=O) groups is 1. The van der Waals surface area contributed by atoms with Gasteiger partial charge in [-0.15, -0.1) is 0 Å². The van der Waals surface area contributed by atoms with Crippen LogP contribution in [0.5, 0.6) is 0 Å². The molecule has 15 atom stereocenters.